The lowest BCUT2D eigenvalue weighted by Gasteiger charge is -2.26. The number of H-pyrrole nitrogens is 1. The molecule has 0 spiro atoms. The molecule has 2 N–H and O–H groups in total. The van der Waals surface area contributed by atoms with E-state index in [-0.39, 0.29) is 5.69 Å². The SMILES string of the molecule is Cc1cc(CN2CCNCC2)nc(=O)[nH]1. The molecule has 0 aromatic carbocycles. The van der Waals surface area contributed by atoms with Crippen LogP contribution in [0.3, 0.4) is 0 Å². The Hall–Kier alpha value is -1.20. The Morgan fingerprint density at radius 2 is 2.20 bits per heavy atom. The van der Waals surface area contributed by atoms with Crippen molar-refractivity contribution < 1.29 is 0 Å². The van der Waals surface area contributed by atoms with E-state index in [0.29, 0.717) is 0 Å². The van der Waals surface area contributed by atoms with E-state index in [9.17, 15) is 4.79 Å². The van der Waals surface area contributed by atoms with Crippen molar-refractivity contribution >= 4 is 0 Å². The molecule has 1 saturated heterocycles. The lowest BCUT2D eigenvalue weighted by molar-refractivity contribution is 0.230. The van der Waals surface area contributed by atoms with Gasteiger partial charge in [0.1, 0.15) is 0 Å². The molecule has 1 fully saturated rings. The second-order valence-corrected chi connectivity index (χ2v) is 3.89. The third-order valence-corrected chi connectivity index (χ3v) is 2.53. The van der Waals surface area contributed by atoms with E-state index in [2.05, 4.69) is 20.2 Å². The van der Waals surface area contributed by atoms with E-state index in [1.54, 1.807) is 0 Å². The third kappa shape index (κ3) is 2.87. The van der Waals surface area contributed by atoms with Crippen LogP contribution in [-0.4, -0.2) is 41.0 Å². The molecule has 1 aliphatic heterocycles. The van der Waals surface area contributed by atoms with E-state index in [0.717, 1.165) is 44.1 Å². The summed E-state index contributed by atoms with van der Waals surface area (Å²) in [6.45, 7) is 6.72. The number of aromatic amines is 1. The zero-order chi connectivity index (χ0) is 10.7. The molecule has 0 atom stereocenters. The number of hydrogen-bond donors (Lipinski definition) is 2. The zero-order valence-corrected chi connectivity index (χ0v) is 8.92. The first-order chi connectivity index (χ1) is 7.24. The van der Waals surface area contributed by atoms with Crippen molar-refractivity contribution in [1.82, 2.24) is 20.2 Å². The quantitative estimate of drug-likeness (QED) is 0.687. The first-order valence-corrected chi connectivity index (χ1v) is 5.24. The van der Waals surface area contributed by atoms with Gasteiger partial charge in [-0.1, -0.05) is 0 Å². The fourth-order valence-corrected chi connectivity index (χ4v) is 1.82. The maximum atomic E-state index is 11.2. The molecule has 0 bridgehead atoms. The van der Waals surface area contributed by atoms with Crippen LogP contribution in [0.25, 0.3) is 0 Å². The van der Waals surface area contributed by atoms with Gasteiger partial charge >= 0.3 is 5.69 Å². The predicted molar refractivity (Wildman–Crippen MR) is 57.7 cm³/mol. The van der Waals surface area contributed by atoms with Gasteiger partial charge in [0.2, 0.25) is 0 Å². The van der Waals surface area contributed by atoms with Crippen LogP contribution < -0.4 is 11.0 Å². The molecule has 0 unspecified atom stereocenters. The summed E-state index contributed by atoms with van der Waals surface area (Å²) in [7, 11) is 0. The summed E-state index contributed by atoms with van der Waals surface area (Å²) in [6.07, 6.45) is 0. The first-order valence-electron chi connectivity index (χ1n) is 5.24. The van der Waals surface area contributed by atoms with Gasteiger partial charge in [-0.2, -0.15) is 4.98 Å². The molecule has 1 aromatic rings. The fourth-order valence-electron chi connectivity index (χ4n) is 1.82. The number of nitrogens with zero attached hydrogens (tertiary/aromatic N) is 2. The van der Waals surface area contributed by atoms with E-state index < -0.39 is 0 Å². The van der Waals surface area contributed by atoms with Crippen molar-refractivity contribution in [3.63, 3.8) is 0 Å². The Kier molecular flexibility index (Phi) is 3.13. The molecule has 2 rings (SSSR count). The maximum absolute atomic E-state index is 11.2. The highest BCUT2D eigenvalue weighted by atomic mass is 16.1. The summed E-state index contributed by atoms with van der Waals surface area (Å²) < 4.78 is 0. The van der Waals surface area contributed by atoms with Crippen LogP contribution in [0.15, 0.2) is 10.9 Å². The number of aromatic nitrogens is 2. The highest BCUT2D eigenvalue weighted by Crippen LogP contribution is 2.01. The summed E-state index contributed by atoms with van der Waals surface area (Å²) >= 11 is 0. The maximum Gasteiger partial charge on any atom is 0.345 e. The molecule has 0 aliphatic carbocycles. The molecular weight excluding hydrogens is 192 g/mol. The normalized spacial score (nSPS) is 17.9. The smallest absolute Gasteiger partial charge is 0.314 e. The van der Waals surface area contributed by atoms with E-state index in [4.69, 9.17) is 0 Å². The average molecular weight is 208 g/mol. The molecule has 1 aliphatic rings. The minimum Gasteiger partial charge on any atom is -0.314 e. The highest BCUT2D eigenvalue weighted by Gasteiger charge is 2.10. The van der Waals surface area contributed by atoms with Crippen LogP contribution in [-0.2, 0) is 6.54 Å². The molecule has 0 saturated carbocycles. The average Bonchev–Trinajstić information content (AvgIpc) is 2.17. The monoisotopic (exact) mass is 208 g/mol. The number of hydrogen-bond acceptors (Lipinski definition) is 4. The topological polar surface area (TPSA) is 61.0 Å². The summed E-state index contributed by atoms with van der Waals surface area (Å²) in [6, 6.07) is 1.93. The first kappa shape index (κ1) is 10.3. The molecule has 82 valence electrons. The van der Waals surface area contributed by atoms with E-state index in [1.165, 1.54) is 0 Å². The largest absolute Gasteiger partial charge is 0.345 e. The van der Waals surface area contributed by atoms with E-state index >= 15 is 0 Å². The van der Waals surface area contributed by atoms with Crippen LogP contribution >= 0.6 is 0 Å². The summed E-state index contributed by atoms with van der Waals surface area (Å²) in [5.41, 5.74) is 1.48. The molecule has 0 amide bonds. The van der Waals surface area contributed by atoms with Gasteiger partial charge in [0.15, 0.2) is 0 Å². The number of aryl methyl sites for hydroxylation is 1. The molecule has 5 heteroatoms. The van der Waals surface area contributed by atoms with Crippen molar-refractivity contribution in [3.8, 4) is 0 Å². The molecule has 2 heterocycles. The Balaban J connectivity index is 2.06. The Morgan fingerprint density at radius 3 is 2.87 bits per heavy atom. The third-order valence-electron chi connectivity index (χ3n) is 2.53. The van der Waals surface area contributed by atoms with Gasteiger partial charge < -0.3 is 10.3 Å². The van der Waals surface area contributed by atoms with Crippen molar-refractivity contribution in [2.45, 2.75) is 13.5 Å². The van der Waals surface area contributed by atoms with Crippen LogP contribution in [0.2, 0.25) is 0 Å². The molecule has 5 nitrogen and oxygen atoms in total. The summed E-state index contributed by atoms with van der Waals surface area (Å²) in [5, 5.41) is 3.29. The predicted octanol–water partition coefficient (Wildman–Crippen LogP) is -0.516. The van der Waals surface area contributed by atoms with Crippen LogP contribution in [0.1, 0.15) is 11.4 Å². The summed E-state index contributed by atoms with van der Waals surface area (Å²) in [5.74, 6) is 0. The van der Waals surface area contributed by atoms with Gasteiger partial charge in [0.05, 0.1) is 5.69 Å². The van der Waals surface area contributed by atoms with Gasteiger partial charge in [-0.05, 0) is 13.0 Å². The van der Waals surface area contributed by atoms with Gasteiger partial charge in [0.25, 0.3) is 0 Å². The van der Waals surface area contributed by atoms with Crippen LogP contribution in [0.4, 0.5) is 0 Å². The van der Waals surface area contributed by atoms with Crippen molar-refractivity contribution in [2.75, 3.05) is 26.2 Å². The van der Waals surface area contributed by atoms with Crippen LogP contribution in [0.5, 0.6) is 0 Å². The number of nitrogens with one attached hydrogen (secondary N) is 2. The van der Waals surface area contributed by atoms with Gasteiger partial charge in [-0.15, -0.1) is 0 Å². The zero-order valence-electron chi connectivity index (χ0n) is 8.92. The fraction of sp³-hybridized carbons (Fsp3) is 0.600. The minimum atomic E-state index is -0.250. The lowest BCUT2D eigenvalue weighted by atomic mass is 10.3. The molecule has 0 radical (unpaired) electrons. The Labute approximate surface area is 88.5 Å². The summed E-state index contributed by atoms with van der Waals surface area (Å²) in [4.78, 5) is 20.1. The second kappa shape index (κ2) is 4.55. The van der Waals surface area contributed by atoms with E-state index in [1.807, 2.05) is 13.0 Å². The van der Waals surface area contributed by atoms with Crippen molar-refractivity contribution in [2.24, 2.45) is 0 Å². The second-order valence-electron chi connectivity index (χ2n) is 3.89. The number of rotatable bonds is 2. The van der Waals surface area contributed by atoms with Gasteiger partial charge in [-0.3, -0.25) is 4.90 Å². The van der Waals surface area contributed by atoms with Crippen molar-refractivity contribution in [1.29, 1.82) is 0 Å². The standard InChI is InChI=1S/C10H16N4O/c1-8-6-9(13-10(15)12-8)7-14-4-2-11-3-5-14/h6,11H,2-5,7H2,1H3,(H,12,13,15). The highest BCUT2D eigenvalue weighted by molar-refractivity contribution is 5.06. The lowest BCUT2D eigenvalue weighted by Crippen LogP contribution is -2.43. The Morgan fingerprint density at radius 1 is 1.47 bits per heavy atom. The Bertz CT molecular complexity index is 381. The van der Waals surface area contributed by atoms with Gasteiger partial charge in [0, 0.05) is 38.4 Å². The minimum absolute atomic E-state index is 0.250. The molecule has 15 heavy (non-hydrogen) atoms. The molecule has 1 aromatic heterocycles. The van der Waals surface area contributed by atoms with Crippen molar-refractivity contribution in [3.05, 3.63) is 27.9 Å². The van der Waals surface area contributed by atoms with Gasteiger partial charge in [-0.25, -0.2) is 4.79 Å². The number of piperazine rings is 1. The van der Waals surface area contributed by atoms with Crippen LogP contribution in [0, 0.1) is 6.92 Å². The molecular formula is C10H16N4O.